The second kappa shape index (κ2) is 7.68. The first kappa shape index (κ1) is 17.5. The van der Waals surface area contributed by atoms with Gasteiger partial charge in [0, 0.05) is 30.2 Å². The zero-order valence-electron chi connectivity index (χ0n) is 14.0. The minimum atomic E-state index is -0.178. The Labute approximate surface area is 157 Å². The van der Waals surface area contributed by atoms with Crippen LogP contribution in [0.1, 0.15) is 23.0 Å². The number of anilines is 1. The lowest BCUT2D eigenvalue weighted by Gasteiger charge is -2.21. The third kappa shape index (κ3) is 4.38. The van der Waals surface area contributed by atoms with Crippen LogP contribution in [-0.2, 0) is 7.05 Å². The van der Waals surface area contributed by atoms with E-state index in [1.165, 1.54) is 5.56 Å². The summed E-state index contributed by atoms with van der Waals surface area (Å²) in [7, 11) is 1.96. The third-order valence-corrected chi connectivity index (χ3v) is 4.38. The number of thiocarbonyl (C=S) groups is 1. The van der Waals surface area contributed by atoms with Crippen molar-refractivity contribution in [1.29, 1.82) is 0 Å². The fourth-order valence-corrected chi connectivity index (χ4v) is 2.90. The Morgan fingerprint density at radius 2 is 1.80 bits per heavy atom. The fraction of sp³-hybridized carbons (Fsp3) is 0.158. The van der Waals surface area contributed by atoms with Crippen LogP contribution in [0.5, 0.6) is 0 Å². The number of aromatic nitrogens is 2. The molecular formula is C19H19ClN4S. The number of imidazole rings is 1. The molecular weight excluding hydrogens is 352 g/mol. The molecule has 0 bridgehead atoms. The molecule has 0 saturated carbocycles. The lowest BCUT2D eigenvalue weighted by atomic mass is 10.1. The van der Waals surface area contributed by atoms with E-state index < -0.39 is 0 Å². The minimum absolute atomic E-state index is 0.178. The summed E-state index contributed by atoms with van der Waals surface area (Å²) in [6.45, 7) is 2.05. The fourth-order valence-electron chi connectivity index (χ4n) is 2.54. The number of rotatable bonds is 4. The molecule has 3 aromatic rings. The highest BCUT2D eigenvalue weighted by Gasteiger charge is 2.19. The topological polar surface area (TPSA) is 41.9 Å². The summed E-state index contributed by atoms with van der Waals surface area (Å²) in [5, 5.41) is 7.80. The Kier molecular flexibility index (Phi) is 5.36. The van der Waals surface area contributed by atoms with Crippen molar-refractivity contribution in [2.45, 2.75) is 13.0 Å². The predicted octanol–water partition coefficient (Wildman–Crippen LogP) is 4.46. The highest BCUT2D eigenvalue weighted by Crippen LogP contribution is 2.22. The van der Waals surface area contributed by atoms with Crippen molar-refractivity contribution in [3.8, 4) is 0 Å². The van der Waals surface area contributed by atoms with Crippen LogP contribution in [0.15, 0.2) is 60.9 Å². The van der Waals surface area contributed by atoms with Crippen LogP contribution in [-0.4, -0.2) is 14.7 Å². The summed E-state index contributed by atoms with van der Waals surface area (Å²) in [5.41, 5.74) is 3.18. The molecule has 0 amide bonds. The third-order valence-electron chi connectivity index (χ3n) is 3.90. The molecule has 0 spiro atoms. The van der Waals surface area contributed by atoms with Gasteiger partial charge in [-0.05, 0) is 49.0 Å². The van der Waals surface area contributed by atoms with E-state index in [1.54, 1.807) is 6.20 Å². The van der Waals surface area contributed by atoms with E-state index >= 15 is 0 Å². The lowest BCUT2D eigenvalue weighted by Crippen LogP contribution is -2.34. The zero-order chi connectivity index (χ0) is 17.8. The molecule has 0 fully saturated rings. The maximum atomic E-state index is 6.02. The number of hydrogen-bond donors (Lipinski definition) is 2. The summed E-state index contributed by atoms with van der Waals surface area (Å²) in [6, 6.07) is 15.6. The van der Waals surface area contributed by atoms with Crippen molar-refractivity contribution < 1.29 is 0 Å². The maximum absolute atomic E-state index is 6.02. The van der Waals surface area contributed by atoms with Crippen molar-refractivity contribution >= 4 is 34.6 Å². The van der Waals surface area contributed by atoms with E-state index in [0.29, 0.717) is 10.1 Å². The molecule has 3 rings (SSSR count). The molecule has 6 heteroatoms. The number of nitrogens with one attached hydrogen (secondary N) is 2. The van der Waals surface area contributed by atoms with Gasteiger partial charge in [0.2, 0.25) is 0 Å². The second-order valence-corrected chi connectivity index (χ2v) is 6.69. The molecule has 0 aliphatic carbocycles. The molecule has 0 unspecified atom stereocenters. The van der Waals surface area contributed by atoms with Crippen molar-refractivity contribution in [1.82, 2.24) is 14.9 Å². The first-order valence-corrected chi connectivity index (χ1v) is 8.68. The number of aryl methyl sites for hydroxylation is 2. The monoisotopic (exact) mass is 370 g/mol. The van der Waals surface area contributed by atoms with Crippen molar-refractivity contribution in [2.75, 3.05) is 5.32 Å². The van der Waals surface area contributed by atoms with Crippen LogP contribution in [0.2, 0.25) is 5.02 Å². The molecule has 25 heavy (non-hydrogen) atoms. The van der Waals surface area contributed by atoms with E-state index in [4.69, 9.17) is 23.8 Å². The number of halogens is 1. The average Bonchev–Trinajstić information content (AvgIpc) is 3.01. The molecule has 128 valence electrons. The molecule has 1 heterocycles. The molecule has 4 nitrogen and oxygen atoms in total. The van der Waals surface area contributed by atoms with E-state index in [1.807, 2.05) is 66.3 Å². The normalized spacial score (nSPS) is 11.8. The summed E-state index contributed by atoms with van der Waals surface area (Å²) in [5.74, 6) is 0.871. The van der Waals surface area contributed by atoms with Crippen molar-refractivity contribution in [2.24, 2.45) is 7.05 Å². The van der Waals surface area contributed by atoms with Crippen LogP contribution >= 0.6 is 23.8 Å². The van der Waals surface area contributed by atoms with E-state index in [2.05, 4.69) is 22.5 Å². The number of hydrogen-bond acceptors (Lipinski definition) is 2. The molecule has 0 aliphatic heterocycles. The van der Waals surface area contributed by atoms with Gasteiger partial charge in [-0.3, -0.25) is 0 Å². The standard InChI is InChI=1S/C19H19ClN4S/c1-13-3-9-16(10-4-13)22-19(25)23-17(18-21-11-12-24(18)2)14-5-7-15(20)8-6-14/h3-12,17H,1-2H3,(H2,22,23,25)/t17-/m0/s1. The van der Waals surface area contributed by atoms with Gasteiger partial charge in [0.15, 0.2) is 5.11 Å². The summed E-state index contributed by atoms with van der Waals surface area (Å²) < 4.78 is 1.97. The quantitative estimate of drug-likeness (QED) is 0.665. The Bertz CT molecular complexity index is 856. The first-order valence-electron chi connectivity index (χ1n) is 7.90. The number of benzene rings is 2. The smallest absolute Gasteiger partial charge is 0.171 e. The van der Waals surface area contributed by atoms with Gasteiger partial charge in [-0.1, -0.05) is 41.4 Å². The summed E-state index contributed by atoms with van der Waals surface area (Å²) in [6.07, 6.45) is 3.69. The van der Waals surface area contributed by atoms with Crippen LogP contribution < -0.4 is 10.6 Å². The van der Waals surface area contributed by atoms with Crippen LogP contribution in [0, 0.1) is 6.92 Å². The first-order chi connectivity index (χ1) is 12.0. The van der Waals surface area contributed by atoms with Crippen LogP contribution in [0.3, 0.4) is 0 Å². The highest BCUT2D eigenvalue weighted by molar-refractivity contribution is 7.80. The van der Waals surface area contributed by atoms with E-state index in [0.717, 1.165) is 17.1 Å². The van der Waals surface area contributed by atoms with Gasteiger partial charge >= 0.3 is 0 Å². The molecule has 0 saturated heterocycles. The van der Waals surface area contributed by atoms with E-state index in [-0.39, 0.29) is 6.04 Å². The maximum Gasteiger partial charge on any atom is 0.171 e. The van der Waals surface area contributed by atoms with Gasteiger partial charge < -0.3 is 15.2 Å². The summed E-state index contributed by atoms with van der Waals surface area (Å²) >= 11 is 11.5. The molecule has 0 aliphatic rings. The Hall–Kier alpha value is -2.37. The molecule has 0 radical (unpaired) electrons. The zero-order valence-corrected chi connectivity index (χ0v) is 15.6. The van der Waals surface area contributed by atoms with Gasteiger partial charge in [0.1, 0.15) is 11.9 Å². The van der Waals surface area contributed by atoms with Crippen molar-refractivity contribution in [3.05, 3.63) is 82.9 Å². The highest BCUT2D eigenvalue weighted by atomic mass is 35.5. The Morgan fingerprint density at radius 3 is 2.40 bits per heavy atom. The summed E-state index contributed by atoms with van der Waals surface area (Å²) in [4.78, 5) is 4.47. The Morgan fingerprint density at radius 1 is 1.12 bits per heavy atom. The van der Waals surface area contributed by atoms with Gasteiger partial charge in [0.25, 0.3) is 0 Å². The van der Waals surface area contributed by atoms with E-state index in [9.17, 15) is 0 Å². The van der Waals surface area contributed by atoms with Crippen LogP contribution in [0.25, 0.3) is 0 Å². The predicted molar refractivity (Wildman–Crippen MR) is 107 cm³/mol. The lowest BCUT2D eigenvalue weighted by molar-refractivity contribution is 0.664. The number of nitrogens with zero attached hydrogens (tertiary/aromatic N) is 2. The van der Waals surface area contributed by atoms with Gasteiger partial charge in [-0.2, -0.15) is 0 Å². The van der Waals surface area contributed by atoms with Gasteiger partial charge in [0.05, 0.1) is 0 Å². The molecule has 1 aromatic heterocycles. The van der Waals surface area contributed by atoms with Gasteiger partial charge in [-0.15, -0.1) is 0 Å². The SMILES string of the molecule is Cc1ccc(NC(=S)N[C@@H](c2ccc(Cl)cc2)c2nccn2C)cc1. The van der Waals surface area contributed by atoms with Gasteiger partial charge in [-0.25, -0.2) is 4.98 Å². The van der Waals surface area contributed by atoms with Crippen LogP contribution in [0.4, 0.5) is 5.69 Å². The largest absolute Gasteiger partial charge is 0.348 e. The van der Waals surface area contributed by atoms with Crippen molar-refractivity contribution in [3.63, 3.8) is 0 Å². The minimum Gasteiger partial charge on any atom is -0.348 e. The molecule has 2 N–H and O–H groups in total. The molecule has 1 atom stereocenters. The second-order valence-electron chi connectivity index (χ2n) is 5.85. The average molecular weight is 371 g/mol. The Balaban J connectivity index is 1.82. The molecule has 2 aromatic carbocycles.